The maximum atomic E-state index is 13.4. The second kappa shape index (κ2) is 5.68. The number of anilines is 1. The topological polar surface area (TPSA) is 35.8 Å². The van der Waals surface area contributed by atoms with Crippen molar-refractivity contribution in [2.75, 3.05) is 5.32 Å². The van der Waals surface area contributed by atoms with E-state index in [-0.39, 0.29) is 12.1 Å². The monoisotopic (exact) mass is 278 g/mol. The van der Waals surface area contributed by atoms with Crippen molar-refractivity contribution in [3.8, 4) is 6.07 Å². The minimum absolute atomic E-state index is 0.131. The molecule has 0 bridgehead atoms. The average molecular weight is 279 g/mol. The number of hydrogen-bond donors (Lipinski definition) is 1. The summed E-state index contributed by atoms with van der Waals surface area (Å²) in [6.07, 6.45) is 0. The van der Waals surface area contributed by atoms with Gasteiger partial charge in [-0.3, -0.25) is 0 Å². The van der Waals surface area contributed by atoms with Gasteiger partial charge in [0.2, 0.25) is 0 Å². The Hall–Kier alpha value is -2.12. The molecule has 96 valence electrons. The van der Waals surface area contributed by atoms with Gasteiger partial charge in [0.15, 0.2) is 0 Å². The van der Waals surface area contributed by atoms with Crippen LogP contribution in [0.5, 0.6) is 0 Å². The van der Waals surface area contributed by atoms with Crippen LogP contribution in [0.15, 0.2) is 36.4 Å². The molecule has 19 heavy (non-hydrogen) atoms. The summed E-state index contributed by atoms with van der Waals surface area (Å²) in [5.74, 6) is -0.968. The number of halogens is 3. The Kier molecular flexibility index (Phi) is 3.98. The lowest BCUT2D eigenvalue weighted by Crippen LogP contribution is -2.02. The molecule has 0 atom stereocenters. The third-order valence-corrected chi connectivity index (χ3v) is 2.89. The van der Waals surface area contributed by atoms with Crippen LogP contribution >= 0.6 is 11.6 Å². The summed E-state index contributed by atoms with van der Waals surface area (Å²) in [7, 11) is 0. The highest BCUT2D eigenvalue weighted by Gasteiger charge is 2.05. The van der Waals surface area contributed by atoms with Gasteiger partial charge in [-0.15, -0.1) is 0 Å². The first kappa shape index (κ1) is 13.3. The molecule has 0 saturated heterocycles. The number of hydrogen-bond acceptors (Lipinski definition) is 2. The van der Waals surface area contributed by atoms with Crippen molar-refractivity contribution in [1.29, 1.82) is 5.26 Å². The van der Waals surface area contributed by atoms with Crippen molar-refractivity contribution < 1.29 is 8.78 Å². The maximum Gasteiger partial charge on any atom is 0.128 e. The van der Waals surface area contributed by atoms with Crippen LogP contribution in [0.2, 0.25) is 5.02 Å². The molecule has 0 aromatic heterocycles. The molecule has 0 aliphatic carbocycles. The zero-order valence-corrected chi connectivity index (χ0v) is 10.5. The fourth-order valence-corrected chi connectivity index (χ4v) is 1.81. The summed E-state index contributed by atoms with van der Waals surface area (Å²) in [6, 6.07) is 10.0. The second-order valence-electron chi connectivity index (χ2n) is 3.90. The van der Waals surface area contributed by atoms with Crippen LogP contribution in [-0.2, 0) is 6.54 Å². The summed E-state index contributed by atoms with van der Waals surface area (Å²) in [6.45, 7) is 0.131. The summed E-state index contributed by atoms with van der Waals surface area (Å²) in [5.41, 5.74) is 1.22. The van der Waals surface area contributed by atoms with E-state index >= 15 is 0 Å². The molecule has 0 saturated carbocycles. The van der Waals surface area contributed by atoms with Gasteiger partial charge in [0.1, 0.15) is 17.7 Å². The Morgan fingerprint density at radius 3 is 2.63 bits per heavy atom. The molecule has 0 aliphatic heterocycles. The molecule has 0 radical (unpaired) electrons. The van der Waals surface area contributed by atoms with E-state index in [1.165, 1.54) is 0 Å². The SMILES string of the molecule is N#Cc1ccc(NCc2cc(F)ccc2F)cc1Cl. The molecule has 2 nitrogen and oxygen atoms in total. The molecular formula is C14H9ClF2N2. The molecule has 0 amide bonds. The predicted octanol–water partition coefficient (Wildman–Crippen LogP) is 4.10. The first-order chi connectivity index (χ1) is 9.10. The van der Waals surface area contributed by atoms with Gasteiger partial charge in [0.05, 0.1) is 10.6 Å². The number of rotatable bonds is 3. The highest BCUT2D eigenvalue weighted by atomic mass is 35.5. The van der Waals surface area contributed by atoms with E-state index in [0.717, 1.165) is 18.2 Å². The van der Waals surface area contributed by atoms with E-state index in [1.54, 1.807) is 18.2 Å². The Morgan fingerprint density at radius 2 is 1.95 bits per heavy atom. The molecule has 0 fully saturated rings. The lowest BCUT2D eigenvalue weighted by atomic mass is 10.2. The van der Waals surface area contributed by atoms with Gasteiger partial charge in [-0.05, 0) is 36.4 Å². The molecule has 2 rings (SSSR count). The third-order valence-electron chi connectivity index (χ3n) is 2.58. The molecule has 0 unspecified atom stereocenters. The van der Waals surface area contributed by atoms with Crippen LogP contribution in [-0.4, -0.2) is 0 Å². The third kappa shape index (κ3) is 3.21. The minimum atomic E-state index is -0.490. The van der Waals surface area contributed by atoms with Crippen molar-refractivity contribution >= 4 is 17.3 Å². The van der Waals surface area contributed by atoms with E-state index in [4.69, 9.17) is 16.9 Å². The molecule has 0 aliphatic rings. The molecule has 2 aromatic rings. The van der Waals surface area contributed by atoms with Gasteiger partial charge in [0, 0.05) is 17.8 Å². The normalized spacial score (nSPS) is 10.0. The fraction of sp³-hybridized carbons (Fsp3) is 0.0714. The molecule has 2 aromatic carbocycles. The average Bonchev–Trinajstić information content (AvgIpc) is 2.40. The van der Waals surface area contributed by atoms with Gasteiger partial charge < -0.3 is 5.32 Å². The lowest BCUT2D eigenvalue weighted by molar-refractivity contribution is 0.587. The van der Waals surface area contributed by atoms with E-state index in [9.17, 15) is 8.78 Å². The molecule has 5 heteroatoms. The molecular weight excluding hydrogens is 270 g/mol. The van der Waals surface area contributed by atoms with Crippen LogP contribution < -0.4 is 5.32 Å². The van der Waals surface area contributed by atoms with E-state index < -0.39 is 11.6 Å². The Balaban J connectivity index is 2.13. The van der Waals surface area contributed by atoms with E-state index in [1.807, 2.05) is 6.07 Å². The quantitative estimate of drug-likeness (QED) is 0.917. The van der Waals surface area contributed by atoms with Crippen molar-refractivity contribution in [1.82, 2.24) is 0 Å². The summed E-state index contributed by atoms with van der Waals surface area (Å²) in [5, 5.41) is 12.0. The van der Waals surface area contributed by atoms with Gasteiger partial charge in [-0.1, -0.05) is 11.6 Å². The van der Waals surface area contributed by atoms with Crippen LogP contribution in [0.4, 0.5) is 14.5 Å². The summed E-state index contributed by atoms with van der Waals surface area (Å²) < 4.78 is 26.4. The van der Waals surface area contributed by atoms with Crippen molar-refractivity contribution in [3.05, 3.63) is 64.2 Å². The smallest absolute Gasteiger partial charge is 0.128 e. The first-order valence-electron chi connectivity index (χ1n) is 5.47. The Bertz CT molecular complexity index is 650. The van der Waals surface area contributed by atoms with Crippen LogP contribution in [0.3, 0.4) is 0 Å². The fourth-order valence-electron chi connectivity index (χ4n) is 1.59. The van der Waals surface area contributed by atoms with Gasteiger partial charge in [0.25, 0.3) is 0 Å². The first-order valence-corrected chi connectivity index (χ1v) is 5.85. The van der Waals surface area contributed by atoms with E-state index in [0.29, 0.717) is 16.3 Å². The Labute approximate surface area is 114 Å². The van der Waals surface area contributed by atoms with Gasteiger partial charge >= 0.3 is 0 Å². The lowest BCUT2D eigenvalue weighted by Gasteiger charge is -2.08. The zero-order chi connectivity index (χ0) is 13.8. The van der Waals surface area contributed by atoms with E-state index in [2.05, 4.69) is 5.32 Å². The highest BCUT2D eigenvalue weighted by molar-refractivity contribution is 6.32. The van der Waals surface area contributed by atoms with Gasteiger partial charge in [-0.2, -0.15) is 5.26 Å². The molecule has 0 spiro atoms. The summed E-state index contributed by atoms with van der Waals surface area (Å²) >= 11 is 5.87. The van der Waals surface area contributed by atoms with Gasteiger partial charge in [-0.25, -0.2) is 8.78 Å². The molecule has 1 N–H and O–H groups in total. The van der Waals surface area contributed by atoms with Crippen molar-refractivity contribution in [2.45, 2.75) is 6.54 Å². The Morgan fingerprint density at radius 1 is 1.16 bits per heavy atom. The van der Waals surface area contributed by atoms with Crippen molar-refractivity contribution in [3.63, 3.8) is 0 Å². The highest BCUT2D eigenvalue weighted by Crippen LogP contribution is 2.21. The van der Waals surface area contributed by atoms with Crippen LogP contribution in [0.1, 0.15) is 11.1 Å². The predicted molar refractivity (Wildman–Crippen MR) is 69.9 cm³/mol. The number of nitrogens with one attached hydrogen (secondary N) is 1. The number of nitrogens with zero attached hydrogens (tertiary/aromatic N) is 1. The maximum absolute atomic E-state index is 13.4. The largest absolute Gasteiger partial charge is 0.381 e. The van der Waals surface area contributed by atoms with Crippen LogP contribution in [0.25, 0.3) is 0 Å². The minimum Gasteiger partial charge on any atom is -0.381 e. The summed E-state index contributed by atoms with van der Waals surface area (Å²) in [4.78, 5) is 0. The second-order valence-corrected chi connectivity index (χ2v) is 4.30. The standard InChI is InChI=1S/C14H9ClF2N2/c15-13-6-12(3-1-9(13)7-18)19-8-10-5-11(16)2-4-14(10)17/h1-6,19H,8H2. The molecule has 0 heterocycles. The van der Waals surface area contributed by atoms with Crippen molar-refractivity contribution in [2.24, 2.45) is 0 Å². The van der Waals surface area contributed by atoms with Crippen LogP contribution in [0, 0.1) is 23.0 Å². The number of nitriles is 1. The number of benzene rings is 2. The zero-order valence-electron chi connectivity index (χ0n) is 9.75.